The molecule has 0 saturated heterocycles. The first kappa shape index (κ1) is 13.4. The van der Waals surface area contributed by atoms with Gasteiger partial charge in [0.2, 0.25) is 0 Å². The van der Waals surface area contributed by atoms with Gasteiger partial charge in [-0.15, -0.1) is 0 Å². The molecule has 0 spiro atoms. The summed E-state index contributed by atoms with van der Waals surface area (Å²) in [5.74, 6) is 0. The number of hydrogen-bond donors (Lipinski definition) is 0. The molecule has 0 aromatic carbocycles. The minimum atomic E-state index is -1.80. The molecule has 0 fully saturated rings. The van der Waals surface area contributed by atoms with Gasteiger partial charge in [-0.05, 0) is 0 Å². The van der Waals surface area contributed by atoms with Gasteiger partial charge in [0.15, 0.2) is 0 Å². The summed E-state index contributed by atoms with van der Waals surface area (Å²) >= 11 is -1.43. The van der Waals surface area contributed by atoms with E-state index >= 15 is 0 Å². The molecule has 14 heavy (non-hydrogen) atoms. The fraction of sp³-hybridized carbons (Fsp3) is 0.636. The van der Waals surface area contributed by atoms with E-state index < -0.39 is 36.8 Å². The predicted molar refractivity (Wildman–Crippen MR) is 75.0 cm³/mol. The molecule has 1 rings (SSSR count). The molecule has 0 bridgehead atoms. The van der Waals surface area contributed by atoms with E-state index in [9.17, 15) is 0 Å². The molecule has 0 saturated carbocycles. The molecule has 80 valence electrons. The Morgan fingerprint density at radius 1 is 0.929 bits per heavy atom. The van der Waals surface area contributed by atoms with E-state index in [1.54, 1.807) is 11.3 Å². The van der Waals surface area contributed by atoms with Gasteiger partial charge in [-0.25, -0.2) is 0 Å². The van der Waals surface area contributed by atoms with E-state index in [-0.39, 0.29) is 0 Å². The molecule has 0 N–H and O–H groups in total. The first-order chi connectivity index (χ1) is 6.12. The zero-order chi connectivity index (χ0) is 11.1. The van der Waals surface area contributed by atoms with Crippen LogP contribution in [-0.2, 0) is 0 Å². The molecule has 0 radical (unpaired) electrons. The summed E-state index contributed by atoms with van der Waals surface area (Å²) in [5.41, 5.74) is 1.60. The summed E-state index contributed by atoms with van der Waals surface area (Å²) in [6.45, 7) is 2.31. The van der Waals surface area contributed by atoms with Crippen LogP contribution >= 0.6 is 11.3 Å². The van der Waals surface area contributed by atoms with Crippen LogP contribution in [0.4, 0.5) is 0 Å². The second-order valence-electron chi connectivity index (χ2n) is 6.12. The van der Waals surface area contributed by atoms with Gasteiger partial charge < -0.3 is 0 Å². The normalized spacial score (nSPS) is 13.4. The first-order valence-electron chi connectivity index (χ1n) is 5.24. The van der Waals surface area contributed by atoms with Crippen molar-refractivity contribution in [2.24, 2.45) is 0 Å². The molecule has 1 aromatic rings. The van der Waals surface area contributed by atoms with E-state index in [1.807, 2.05) is 0 Å². The van der Waals surface area contributed by atoms with Gasteiger partial charge in [-0.2, -0.15) is 0 Å². The van der Waals surface area contributed by atoms with Crippen molar-refractivity contribution in [1.29, 1.82) is 0 Å². The first-order valence-corrected chi connectivity index (χ1v) is 26.0. The Hall–Kier alpha value is 1.30. The average molecular weight is 424 g/mol. The van der Waals surface area contributed by atoms with E-state index in [4.69, 9.17) is 0 Å². The van der Waals surface area contributed by atoms with E-state index in [0.29, 0.717) is 0 Å². The Bertz CT molecular complexity index is 326. The third-order valence-electron chi connectivity index (χ3n) is 2.34. The number of hydrogen-bond acceptors (Lipinski definition) is 1. The van der Waals surface area contributed by atoms with Crippen molar-refractivity contribution in [3.8, 4) is 0 Å². The van der Waals surface area contributed by atoms with Crippen LogP contribution in [-0.4, -0.2) is 36.8 Å². The fourth-order valence-electron chi connectivity index (χ4n) is 1.60. The van der Waals surface area contributed by atoms with Gasteiger partial charge in [0, 0.05) is 0 Å². The second kappa shape index (κ2) is 4.28. The Morgan fingerprint density at radius 2 is 1.43 bits per heavy atom. The van der Waals surface area contributed by atoms with Crippen molar-refractivity contribution in [3.63, 3.8) is 0 Å². The molecule has 1 heterocycles. The van der Waals surface area contributed by atoms with Crippen LogP contribution in [0.3, 0.4) is 0 Å². The summed E-state index contributed by atoms with van der Waals surface area (Å²) < 4.78 is 3.55. The Labute approximate surface area is 101 Å². The fourth-order valence-corrected chi connectivity index (χ4v) is 17.9. The van der Waals surface area contributed by atoms with E-state index in [1.165, 1.54) is 0 Å². The molecule has 0 aliphatic heterocycles. The van der Waals surface area contributed by atoms with Gasteiger partial charge in [0.25, 0.3) is 0 Å². The van der Waals surface area contributed by atoms with E-state index in [0.717, 1.165) is 0 Å². The van der Waals surface area contributed by atoms with Crippen LogP contribution in [0.5, 0.6) is 0 Å². The number of thiophene rings is 1. The van der Waals surface area contributed by atoms with Crippen LogP contribution in [0, 0.1) is 6.92 Å². The summed E-state index contributed by atoms with van der Waals surface area (Å²) in [4.78, 5) is 15.1. The molecule has 1 aromatic heterocycles. The SMILES string of the molecule is Cc1c[c]([Sn]([CH3])([CH3])[CH3])s[c]1[Sn]([CH3])([CH3])[CH3]. The average Bonchev–Trinajstić information content (AvgIpc) is 2.27. The van der Waals surface area contributed by atoms with Crippen molar-refractivity contribution in [2.75, 3.05) is 0 Å². The van der Waals surface area contributed by atoms with Crippen molar-refractivity contribution < 1.29 is 0 Å². The molecule has 0 atom stereocenters. The van der Waals surface area contributed by atoms with Gasteiger partial charge in [-0.1, -0.05) is 0 Å². The van der Waals surface area contributed by atoms with Crippen molar-refractivity contribution >= 4 is 53.9 Å². The predicted octanol–water partition coefficient (Wildman–Crippen LogP) is 3.15. The van der Waals surface area contributed by atoms with Gasteiger partial charge in [-0.3, -0.25) is 0 Å². The van der Waals surface area contributed by atoms with Crippen LogP contribution in [0.1, 0.15) is 5.56 Å². The Morgan fingerprint density at radius 3 is 1.64 bits per heavy atom. The van der Waals surface area contributed by atoms with Gasteiger partial charge in [0.05, 0.1) is 0 Å². The standard InChI is InChI=1S/C5H4S.6CH3.2Sn/c1-5-2-3-6-4-5;;;;;;;;/h2H,1H3;6*1H3;;. The van der Waals surface area contributed by atoms with Gasteiger partial charge in [0.1, 0.15) is 0 Å². The molecule has 0 amide bonds. The molecule has 0 nitrogen and oxygen atoms in total. The monoisotopic (exact) mass is 426 g/mol. The zero-order valence-corrected chi connectivity index (χ0v) is 17.0. The summed E-state index contributed by atoms with van der Waals surface area (Å²) in [6, 6.07) is 2.50. The van der Waals surface area contributed by atoms with E-state index in [2.05, 4.69) is 54.0 Å². The summed E-state index contributed by atoms with van der Waals surface area (Å²) in [6.07, 6.45) is 0. The second-order valence-corrected chi connectivity index (χ2v) is 37.9. The Balaban J connectivity index is 3.19. The number of aryl methyl sites for hydroxylation is 1. The zero-order valence-electron chi connectivity index (χ0n) is 10.5. The van der Waals surface area contributed by atoms with Crippen LogP contribution in [0.2, 0.25) is 29.6 Å². The number of rotatable bonds is 2. The topological polar surface area (TPSA) is 0 Å². The molecule has 0 unspecified atom stereocenters. The van der Waals surface area contributed by atoms with Crippen molar-refractivity contribution in [3.05, 3.63) is 11.6 Å². The van der Waals surface area contributed by atoms with Gasteiger partial charge >= 0.3 is 102 Å². The van der Waals surface area contributed by atoms with Crippen molar-refractivity contribution in [2.45, 2.75) is 36.6 Å². The molecular formula is C11H22SSn2. The quantitative estimate of drug-likeness (QED) is 0.641. The van der Waals surface area contributed by atoms with Crippen LogP contribution in [0.25, 0.3) is 0 Å². The van der Waals surface area contributed by atoms with Crippen LogP contribution in [0.15, 0.2) is 6.07 Å². The minimum absolute atomic E-state index is 1.60. The summed E-state index contributed by atoms with van der Waals surface area (Å²) in [7, 11) is 0. The summed E-state index contributed by atoms with van der Waals surface area (Å²) in [5, 5.41) is 0. The van der Waals surface area contributed by atoms with Crippen molar-refractivity contribution in [1.82, 2.24) is 0 Å². The molecule has 0 aliphatic rings. The molecular weight excluding hydrogens is 402 g/mol. The third-order valence-corrected chi connectivity index (χ3v) is 22.8. The molecule has 3 heteroatoms. The maximum atomic E-state index is 2.52. The van der Waals surface area contributed by atoms with Crippen LogP contribution < -0.4 is 5.79 Å². The molecule has 0 aliphatic carbocycles. The third kappa shape index (κ3) is 3.14. The maximum absolute atomic E-state index is 2.52. The Kier molecular flexibility index (Phi) is 4.09.